The van der Waals surface area contributed by atoms with Crippen molar-refractivity contribution in [1.82, 2.24) is 5.32 Å². The fourth-order valence-electron chi connectivity index (χ4n) is 2.22. The number of nitrogens with zero attached hydrogens (tertiary/aromatic N) is 1. The number of hydrogen-bond acceptors (Lipinski definition) is 2. The molecule has 1 atom stereocenters. The summed E-state index contributed by atoms with van der Waals surface area (Å²) in [6.07, 6.45) is 0. The normalized spacial score (nSPS) is 17.8. The van der Waals surface area contributed by atoms with Crippen LogP contribution in [0.15, 0.2) is 18.2 Å². The monoisotopic (exact) mass is 310 g/mol. The van der Waals surface area contributed by atoms with Crippen molar-refractivity contribution in [1.29, 1.82) is 0 Å². The van der Waals surface area contributed by atoms with E-state index in [1.807, 2.05) is 25.1 Å². The van der Waals surface area contributed by atoms with Gasteiger partial charge in [0.25, 0.3) is 5.91 Å². The number of alkyl halides is 1. The maximum atomic E-state index is 12.3. The van der Waals surface area contributed by atoms with E-state index in [4.69, 9.17) is 0 Å². The lowest BCUT2D eigenvalue weighted by Gasteiger charge is -2.16. The van der Waals surface area contributed by atoms with Gasteiger partial charge in [0.05, 0.1) is 0 Å². The Bertz CT molecular complexity index is 502. The van der Waals surface area contributed by atoms with Gasteiger partial charge in [-0.3, -0.25) is 9.59 Å². The van der Waals surface area contributed by atoms with E-state index in [0.717, 1.165) is 16.8 Å². The molecular weight excluding hydrogens is 296 g/mol. The number of rotatable bonds is 3. The molecule has 0 saturated heterocycles. The zero-order valence-electron chi connectivity index (χ0n) is 10.4. The third-order valence-corrected chi connectivity index (χ3v) is 3.31. The summed E-state index contributed by atoms with van der Waals surface area (Å²) in [6.45, 7) is 4.00. The van der Waals surface area contributed by atoms with E-state index >= 15 is 0 Å². The van der Waals surface area contributed by atoms with Gasteiger partial charge in [0.1, 0.15) is 6.04 Å². The van der Waals surface area contributed by atoms with Gasteiger partial charge in [0.2, 0.25) is 5.91 Å². The molecule has 0 saturated carbocycles. The Balaban J connectivity index is 2.43. The number of carbonyl (C=O) groups excluding carboxylic acids is 2. The second-order valence-corrected chi connectivity index (χ2v) is 5.17. The molecule has 1 aromatic carbocycles. The number of benzene rings is 1. The largest absolute Gasteiger partial charge is 0.341 e. The third kappa shape index (κ3) is 2.27. The first-order valence-corrected chi connectivity index (χ1v) is 6.91. The van der Waals surface area contributed by atoms with E-state index in [1.54, 1.807) is 4.90 Å². The quantitative estimate of drug-likeness (QED) is 0.867. The average molecular weight is 311 g/mol. The van der Waals surface area contributed by atoms with Crippen LogP contribution in [-0.2, 0) is 9.59 Å². The number of hydrogen-bond donors (Lipinski definition) is 1. The molecule has 1 aromatic rings. The molecule has 1 aliphatic rings. The lowest BCUT2D eigenvalue weighted by molar-refractivity contribution is -0.126. The van der Waals surface area contributed by atoms with E-state index in [-0.39, 0.29) is 11.8 Å². The molecule has 96 valence electrons. The van der Waals surface area contributed by atoms with Gasteiger partial charge in [-0.1, -0.05) is 33.6 Å². The lowest BCUT2D eigenvalue weighted by Crippen LogP contribution is -2.37. The minimum absolute atomic E-state index is 0.0646. The van der Waals surface area contributed by atoms with Gasteiger partial charge in [-0.2, -0.15) is 0 Å². The first-order valence-electron chi connectivity index (χ1n) is 5.79. The van der Waals surface area contributed by atoms with Crippen molar-refractivity contribution in [3.63, 3.8) is 0 Å². The molecule has 1 heterocycles. The van der Waals surface area contributed by atoms with Crippen molar-refractivity contribution in [2.45, 2.75) is 19.9 Å². The van der Waals surface area contributed by atoms with E-state index in [9.17, 15) is 9.59 Å². The van der Waals surface area contributed by atoms with Gasteiger partial charge in [-0.25, -0.2) is 0 Å². The number of nitrogens with one attached hydrogen (secondary N) is 1. The SMILES string of the molecule is CC(=O)N[C@H]1C(=O)N(CCBr)c2ccc(C)cc21. The number of halogens is 1. The Kier molecular flexibility index (Phi) is 3.71. The van der Waals surface area contributed by atoms with Crippen LogP contribution in [0.5, 0.6) is 0 Å². The van der Waals surface area contributed by atoms with Gasteiger partial charge < -0.3 is 10.2 Å². The van der Waals surface area contributed by atoms with E-state index in [2.05, 4.69) is 21.2 Å². The maximum absolute atomic E-state index is 12.3. The molecule has 0 fully saturated rings. The van der Waals surface area contributed by atoms with Crippen LogP contribution >= 0.6 is 15.9 Å². The van der Waals surface area contributed by atoms with Crippen molar-refractivity contribution in [3.8, 4) is 0 Å². The number of fused-ring (bicyclic) bond motifs is 1. The molecule has 0 spiro atoms. The third-order valence-electron chi connectivity index (χ3n) is 2.95. The number of anilines is 1. The lowest BCUT2D eigenvalue weighted by atomic mass is 10.1. The Morgan fingerprint density at radius 3 is 2.83 bits per heavy atom. The Morgan fingerprint density at radius 2 is 2.22 bits per heavy atom. The zero-order chi connectivity index (χ0) is 13.3. The summed E-state index contributed by atoms with van der Waals surface area (Å²) < 4.78 is 0. The molecule has 0 bridgehead atoms. The molecular formula is C13H15BrN2O2. The van der Waals surface area contributed by atoms with Crippen LogP contribution in [0, 0.1) is 6.92 Å². The van der Waals surface area contributed by atoms with E-state index < -0.39 is 6.04 Å². The minimum atomic E-state index is -0.545. The van der Waals surface area contributed by atoms with Crippen LogP contribution in [0.25, 0.3) is 0 Å². The predicted octanol–water partition coefficient (Wildman–Crippen LogP) is 1.91. The molecule has 0 aliphatic carbocycles. The second kappa shape index (κ2) is 5.10. The minimum Gasteiger partial charge on any atom is -0.341 e. The van der Waals surface area contributed by atoms with Crippen LogP contribution in [0.3, 0.4) is 0 Å². The topological polar surface area (TPSA) is 49.4 Å². The van der Waals surface area contributed by atoms with Crippen LogP contribution in [-0.4, -0.2) is 23.7 Å². The highest BCUT2D eigenvalue weighted by molar-refractivity contribution is 9.09. The molecule has 2 rings (SSSR count). The van der Waals surface area contributed by atoms with Crippen molar-refractivity contribution in [2.75, 3.05) is 16.8 Å². The Hall–Kier alpha value is -1.36. The summed E-state index contributed by atoms with van der Waals surface area (Å²) in [6, 6.07) is 5.33. The van der Waals surface area contributed by atoms with Gasteiger partial charge in [-0.15, -0.1) is 0 Å². The summed E-state index contributed by atoms with van der Waals surface area (Å²) >= 11 is 3.34. The number of carbonyl (C=O) groups is 2. The van der Waals surface area contributed by atoms with Crippen molar-refractivity contribution < 1.29 is 9.59 Å². The van der Waals surface area contributed by atoms with Gasteiger partial charge in [0.15, 0.2) is 0 Å². The van der Waals surface area contributed by atoms with Crippen LogP contribution in [0.1, 0.15) is 24.1 Å². The van der Waals surface area contributed by atoms with Gasteiger partial charge >= 0.3 is 0 Å². The predicted molar refractivity (Wildman–Crippen MR) is 73.9 cm³/mol. The second-order valence-electron chi connectivity index (χ2n) is 4.37. The smallest absolute Gasteiger partial charge is 0.254 e. The molecule has 5 heteroatoms. The molecule has 0 aromatic heterocycles. The van der Waals surface area contributed by atoms with E-state index in [0.29, 0.717) is 11.9 Å². The summed E-state index contributed by atoms with van der Waals surface area (Å²) in [5, 5.41) is 3.43. The summed E-state index contributed by atoms with van der Waals surface area (Å²) in [4.78, 5) is 25.2. The Morgan fingerprint density at radius 1 is 1.50 bits per heavy atom. The van der Waals surface area contributed by atoms with Gasteiger partial charge in [0, 0.05) is 30.0 Å². The molecule has 2 amide bonds. The highest BCUT2D eigenvalue weighted by atomic mass is 79.9. The van der Waals surface area contributed by atoms with Crippen LogP contribution < -0.4 is 10.2 Å². The molecule has 1 aliphatic heterocycles. The molecule has 0 radical (unpaired) electrons. The first-order chi connectivity index (χ1) is 8.54. The fraction of sp³-hybridized carbons (Fsp3) is 0.385. The fourth-order valence-corrected chi connectivity index (χ4v) is 2.57. The molecule has 1 N–H and O–H groups in total. The zero-order valence-corrected chi connectivity index (χ0v) is 12.0. The van der Waals surface area contributed by atoms with Crippen molar-refractivity contribution >= 4 is 33.4 Å². The Labute approximate surface area is 114 Å². The first kappa shape index (κ1) is 13.1. The maximum Gasteiger partial charge on any atom is 0.254 e. The number of aryl methyl sites for hydroxylation is 1. The van der Waals surface area contributed by atoms with Gasteiger partial charge in [-0.05, 0) is 13.0 Å². The van der Waals surface area contributed by atoms with Crippen LogP contribution in [0.4, 0.5) is 5.69 Å². The molecule has 0 unspecified atom stereocenters. The number of amides is 2. The van der Waals surface area contributed by atoms with Crippen molar-refractivity contribution in [2.24, 2.45) is 0 Å². The summed E-state index contributed by atoms with van der Waals surface area (Å²) in [5.74, 6) is -0.258. The van der Waals surface area contributed by atoms with Crippen LogP contribution in [0.2, 0.25) is 0 Å². The highest BCUT2D eigenvalue weighted by Crippen LogP contribution is 2.36. The average Bonchev–Trinajstić information content (AvgIpc) is 2.54. The highest BCUT2D eigenvalue weighted by Gasteiger charge is 2.37. The molecule has 4 nitrogen and oxygen atoms in total. The van der Waals surface area contributed by atoms with Crippen molar-refractivity contribution in [3.05, 3.63) is 29.3 Å². The molecule has 18 heavy (non-hydrogen) atoms. The summed E-state index contributed by atoms with van der Waals surface area (Å²) in [7, 11) is 0. The van der Waals surface area contributed by atoms with E-state index in [1.165, 1.54) is 6.92 Å². The summed E-state index contributed by atoms with van der Waals surface area (Å²) in [5.41, 5.74) is 2.86. The standard InChI is InChI=1S/C13H15BrN2O2/c1-8-3-4-11-10(7-8)12(15-9(2)17)13(18)16(11)6-5-14/h3-4,7,12H,5-6H2,1-2H3,(H,15,17)/t12-/m1/s1.